The average Bonchev–Trinajstić information content (AvgIpc) is 0.865. The first-order valence-corrected chi connectivity index (χ1v) is 38.4. The van der Waals surface area contributed by atoms with Crippen LogP contribution in [0.1, 0.15) is 152 Å². The van der Waals surface area contributed by atoms with Crippen molar-refractivity contribution in [2.45, 2.75) is 125 Å². The Balaban J connectivity index is 0.000000193. The predicted molar refractivity (Wildman–Crippen MR) is 473 cm³/mol. The molecule has 10 nitrogen and oxygen atoms in total. The van der Waals surface area contributed by atoms with E-state index in [-0.39, 0.29) is 47.6 Å². The third kappa shape index (κ3) is 28.2. The standard InChI is InChI=1S/C18H15NO.2C18H18O.C17H15ClO.C17H15NO3.C17H16O/c1-3-7-17(20)18(14-8-5-4-6-9-14)15-10-12-16(19-2)13-11-15;2*1-3-7-17(19)18(15-8-5-4-6-9-15)16-12-10-14(2)11-13-16;1-2-6-16(19)17(13-7-4-3-5-8-13)14-9-11-15(18)12-10-14;1-2-6-16(19)17(13-7-4-3-5-8-13)14-9-11-15(12-10-14)18(20)21;1-2-9-16(18)17(14-10-5-3-6-11-14)15-12-7-4-8-13-15/h1,4-6,8-13,17-18,20H,7H2;2*1,4-6,8-13,17-19H,7H2,2H3;1,3-5,7-12,16-17,19H,6H2;1,3-5,7-12,16-17,19H,6H2;1,3-8,10-13,16-18H,9H2. The summed E-state index contributed by atoms with van der Waals surface area (Å²) >= 11 is 5.91. The van der Waals surface area contributed by atoms with Crippen molar-refractivity contribution in [3.63, 3.8) is 0 Å². The third-order valence-electron chi connectivity index (χ3n) is 19.3. The molecule has 12 aromatic rings. The van der Waals surface area contributed by atoms with Gasteiger partial charge in [0.25, 0.3) is 5.69 Å². The number of terminal acetylenes is 6. The number of aliphatic hydroxyl groups excluding tert-OH is 6. The summed E-state index contributed by atoms with van der Waals surface area (Å²) < 4.78 is 0. The quantitative estimate of drug-likeness (QED) is 0.0142. The Bertz CT molecular complexity index is 4850. The number of nitrogens with zero attached hydrogens (tertiary/aromatic N) is 2. The van der Waals surface area contributed by atoms with Crippen molar-refractivity contribution in [2.24, 2.45) is 0 Å². The Morgan fingerprint density at radius 3 is 0.629 bits per heavy atom. The Morgan fingerprint density at radius 2 is 0.457 bits per heavy atom. The summed E-state index contributed by atoms with van der Waals surface area (Å²) in [6.07, 6.45) is 30.2. The van der Waals surface area contributed by atoms with Gasteiger partial charge in [0.2, 0.25) is 0 Å². The van der Waals surface area contributed by atoms with E-state index in [1.54, 1.807) is 24.3 Å². The summed E-state index contributed by atoms with van der Waals surface area (Å²) in [5, 5.41) is 73.3. The number of nitro benzene ring substituents is 1. The second-order valence-corrected chi connectivity index (χ2v) is 28.0. The molecule has 0 amide bonds. The summed E-state index contributed by atoms with van der Waals surface area (Å²) in [6.45, 7) is 11.1. The zero-order valence-corrected chi connectivity index (χ0v) is 65.9. The molecule has 0 saturated carbocycles. The maximum absolute atomic E-state index is 10.7. The van der Waals surface area contributed by atoms with Gasteiger partial charge >= 0.3 is 0 Å². The molecule has 12 aromatic carbocycles. The molecule has 0 heterocycles. The molecule has 582 valence electrons. The highest BCUT2D eigenvalue weighted by Gasteiger charge is 2.28. The van der Waals surface area contributed by atoms with E-state index < -0.39 is 41.5 Å². The van der Waals surface area contributed by atoms with Crippen LogP contribution in [0.15, 0.2) is 334 Å². The highest BCUT2D eigenvalue weighted by molar-refractivity contribution is 6.30. The second kappa shape index (κ2) is 49.4. The molecule has 0 radical (unpaired) electrons. The molecule has 11 atom stereocenters. The van der Waals surface area contributed by atoms with Crippen LogP contribution >= 0.6 is 11.6 Å². The summed E-state index contributed by atoms with van der Waals surface area (Å²) in [6, 6.07) is 107. The number of aliphatic hydroxyl groups is 6. The first kappa shape index (κ1) is 90.1. The molecule has 0 bridgehead atoms. The SMILES string of the molecule is C#CCC(O)C(c1ccccc1)c1ccc(C)cc1.C#CCC(O)C(c1ccccc1)c1ccc(C)cc1.C#CCC(O)C(c1ccccc1)c1ccc(Cl)cc1.C#CCC(O)C(c1ccccc1)c1ccc([N+](=O)[O-])cc1.C#CCC(O)C(c1ccccc1)c1ccccc1.[C-]#[N+]c1ccc(C(c2ccccc2)C(O)CC#C)cc1. The minimum atomic E-state index is -0.737. The van der Waals surface area contributed by atoms with Gasteiger partial charge in [0.1, 0.15) is 0 Å². The van der Waals surface area contributed by atoms with Crippen LogP contribution in [-0.4, -0.2) is 72.2 Å². The molecule has 0 aliphatic rings. The smallest absolute Gasteiger partial charge is 0.269 e. The first-order valence-electron chi connectivity index (χ1n) is 38.0. The van der Waals surface area contributed by atoms with Gasteiger partial charge in [-0.1, -0.05) is 332 Å². The lowest BCUT2D eigenvalue weighted by Crippen LogP contribution is -2.19. The molecular formula is C105H97ClN2O8. The Hall–Kier alpha value is -13.1. The second-order valence-electron chi connectivity index (χ2n) is 27.5. The maximum Gasteiger partial charge on any atom is 0.269 e. The van der Waals surface area contributed by atoms with Crippen LogP contribution in [0.2, 0.25) is 5.02 Å². The van der Waals surface area contributed by atoms with Crippen molar-refractivity contribution < 1.29 is 35.6 Å². The van der Waals surface area contributed by atoms with Crippen molar-refractivity contribution in [3.8, 4) is 74.1 Å². The molecule has 116 heavy (non-hydrogen) atoms. The molecular weight excluding hydrogens is 1450 g/mol. The van der Waals surface area contributed by atoms with Crippen molar-refractivity contribution >= 4 is 23.0 Å². The number of aryl methyl sites for hydroxylation is 2. The topological polar surface area (TPSA) is 169 Å². The molecule has 11 unspecified atom stereocenters. The molecule has 0 aliphatic carbocycles. The average molecular weight is 1550 g/mol. The van der Waals surface area contributed by atoms with Gasteiger partial charge in [-0.05, 0) is 92.7 Å². The van der Waals surface area contributed by atoms with Crippen molar-refractivity contribution in [1.82, 2.24) is 0 Å². The summed E-state index contributed by atoms with van der Waals surface area (Å²) in [5.41, 5.74) is 15.4. The van der Waals surface area contributed by atoms with Gasteiger partial charge in [-0.2, -0.15) is 0 Å². The van der Waals surface area contributed by atoms with Gasteiger partial charge in [0, 0.05) is 91.2 Å². The Labute approximate surface area is 690 Å². The predicted octanol–water partition coefficient (Wildman–Crippen LogP) is 20.9. The van der Waals surface area contributed by atoms with Gasteiger partial charge < -0.3 is 30.6 Å². The molecule has 0 fully saturated rings. The van der Waals surface area contributed by atoms with E-state index >= 15 is 0 Å². The molecule has 11 heteroatoms. The highest BCUT2D eigenvalue weighted by atomic mass is 35.5. The zero-order chi connectivity index (χ0) is 83.4. The summed E-state index contributed by atoms with van der Waals surface area (Å²) in [5.74, 6) is 14.3. The summed E-state index contributed by atoms with van der Waals surface area (Å²) in [4.78, 5) is 13.7. The fourth-order valence-corrected chi connectivity index (χ4v) is 13.8. The largest absolute Gasteiger partial charge is 0.391 e. The monoisotopic (exact) mass is 1550 g/mol. The van der Waals surface area contributed by atoms with Gasteiger partial charge in [-0.15, -0.1) is 74.1 Å². The van der Waals surface area contributed by atoms with Crippen LogP contribution in [0.25, 0.3) is 4.85 Å². The Morgan fingerprint density at radius 1 is 0.293 bits per heavy atom. The van der Waals surface area contributed by atoms with E-state index in [2.05, 4.69) is 103 Å². The van der Waals surface area contributed by atoms with Gasteiger partial charge in [-0.25, -0.2) is 4.85 Å². The van der Waals surface area contributed by atoms with E-state index in [0.29, 0.717) is 42.8 Å². The number of non-ortho nitro benzene ring substituents is 1. The molecule has 0 spiro atoms. The normalized spacial score (nSPS) is 13.1. The van der Waals surface area contributed by atoms with E-state index in [9.17, 15) is 40.8 Å². The maximum atomic E-state index is 10.7. The van der Waals surface area contributed by atoms with E-state index in [1.807, 2.05) is 249 Å². The Kier molecular flexibility index (Phi) is 38.4. The number of benzene rings is 12. The highest BCUT2D eigenvalue weighted by Crippen LogP contribution is 2.37. The number of rotatable bonds is 25. The van der Waals surface area contributed by atoms with Gasteiger partial charge in [-0.3, -0.25) is 10.1 Å². The van der Waals surface area contributed by atoms with Gasteiger partial charge in [0.05, 0.1) is 48.1 Å². The molecule has 0 aromatic heterocycles. The first-order chi connectivity index (χ1) is 56.4. The van der Waals surface area contributed by atoms with Crippen molar-refractivity contribution in [2.75, 3.05) is 0 Å². The lowest BCUT2D eigenvalue weighted by molar-refractivity contribution is -0.384. The van der Waals surface area contributed by atoms with E-state index in [0.717, 1.165) is 66.8 Å². The van der Waals surface area contributed by atoms with Crippen LogP contribution in [0.5, 0.6) is 0 Å². The zero-order valence-electron chi connectivity index (χ0n) is 65.2. The molecule has 12 rings (SSSR count). The number of hydrogen-bond acceptors (Lipinski definition) is 8. The third-order valence-corrected chi connectivity index (χ3v) is 19.6. The lowest BCUT2D eigenvalue weighted by Gasteiger charge is -2.22. The molecule has 0 aliphatic heterocycles. The van der Waals surface area contributed by atoms with Crippen LogP contribution in [0, 0.1) is 105 Å². The van der Waals surface area contributed by atoms with Crippen molar-refractivity contribution in [3.05, 3.63) is 438 Å². The van der Waals surface area contributed by atoms with E-state index in [1.165, 1.54) is 23.3 Å². The molecule has 6 N–H and O–H groups in total. The van der Waals surface area contributed by atoms with Crippen LogP contribution < -0.4 is 0 Å². The summed E-state index contributed by atoms with van der Waals surface area (Å²) in [7, 11) is 0. The number of nitro groups is 1. The minimum Gasteiger partial charge on any atom is -0.391 e. The van der Waals surface area contributed by atoms with Crippen LogP contribution in [0.4, 0.5) is 11.4 Å². The van der Waals surface area contributed by atoms with Crippen LogP contribution in [0.3, 0.4) is 0 Å². The number of halogens is 1. The molecule has 0 saturated heterocycles. The van der Waals surface area contributed by atoms with Gasteiger partial charge in [0.15, 0.2) is 5.69 Å². The van der Waals surface area contributed by atoms with Crippen molar-refractivity contribution in [1.29, 1.82) is 0 Å². The minimum absolute atomic E-state index is 0.0250. The lowest BCUT2D eigenvalue weighted by atomic mass is 9.85. The number of hydrogen-bond donors (Lipinski definition) is 6. The fourth-order valence-electron chi connectivity index (χ4n) is 13.7. The fraction of sp³-hybridized carbons (Fsp3) is 0.190. The van der Waals surface area contributed by atoms with Crippen LogP contribution in [-0.2, 0) is 0 Å². The van der Waals surface area contributed by atoms with E-state index in [4.69, 9.17) is 56.7 Å².